The summed E-state index contributed by atoms with van der Waals surface area (Å²) < 4.78 is 5.46. The lowest BCUT2D eigenvalue weighted by Crippen LogP contribution is -2.39. The number of aliphatic hydroxyl groups is 1. The molecule has 1 aliphatic rings. The zero-order valence-corrected chi connectivity index (χ0v) is 8.79. The van der Waals surface area contributed by atoms with Gasteiger partial charge in [0.25, 0.3) is 0 Å². The Morgan fingerprint density at radius 1 is 1.54 bits per heavy atom. The summed E-state index contributed by atoms with van der Waals surface area (Å²) in [5, 5.41) is 12.6. The SMILES string of the molecule is CC(O)C(C)NCC1CCOC1C. The van der Waals surface area contributed by atoms with Crippen LogP contribution in [0.3, 0.4) is 0 Å². The zero-order chi connectivity index (χ0) is 9.84. The van der Waals surface area contributed by atoms with Crippen molar-refractivity contribution in [3.05, 3.63) is 0 Å². The second-order valence-electron chi connectivity index (χ2n) is 4.06. The van der Waals surface area contributed by atoms with Gasteiger partial charge in [0, 0.05) is 19.2 Å². The van der Waals surface area contributed by atoms with Gasteiger partial charge in [0.1, 0.15) is 0 Å². The molecule has 0 aliphatic carbocycles. The van der Waals surface area contributed by atoms with E-state index < -0.39 is 0 Å². The highest BCUT2D eigenvalue weighted by Gasteiger charge is 2.24. The van der Waals surface area contributed by atoms with Gasteiger partial charge in [0.15, 0.2) is 0 Å². The topological polar surface area (TPSA) is 41.5 Å². The second-order valence-corrected chi connectivity index (χ2v) is 4.06. The third-order valence-electron chi connectivity index (χ3n) is 2.96. The van der Waals surface area contributed by atoms with Crippen molar-refractivity contribution in [2.24, 2.45) is 5.92 Å². The fraction of sp³-hybridized carbons (Fsp3) is 1.00. The highest BCUT2D eigenvalue weighted by atomic mass is 16.5. The van der Waals surface area contributed by atoms with Crippen molar-refractivity contribution in [1.82, 2.24) is 5.32 Å². The first-order valence-corrected chi connectivity index (χ1v) is 5.14. The quantitative estimate of drug-likeness (QED) is 0.683. The maximum atomic E-state index is 9.27. The van der Waals surface area contributed by atoms with E-state index in [1.165, 1.54) is 0 Å². The van der Waals surface area contributed by atoms with E-state index in [4.69, 9.17) is 4.74 Å². The molecular formula is C10H21NO2. The van der Waals surface area contributed by atoms with Crippen molar-refractivity contribution in [1.29, 1.82) is 0 Å². The van der Waals surface area contributed by atoms with E-state index in [0.717, 1.165) is 19.6 Å². The number of hydrogen-bond acceptors (Lipinski definition) is 3. The van der Waals surface area contributed by atoms with Gasteiger partial charge in [-0.3, -0.25) is 0 Å². The minimum absolute atomic E-state index is 0.174. The third-order valence-corrected chi connectivity index (χ3v) is 2.96. The van der Waals surface area contributed by atoms with E-state index in [1.54, 1.807) is 0 Å². The molecule has 0 aromatic carbocycles. The van der Waals surface area contributed by atoms with E-state index in [2.05, 4.69) is 12.2 Å². The summed E-state index contributed by atoms with van der Waals surface area (Å²) in [6.45, 7) is 7.77. The van der Waals surface area contributed by atoms with Crippen molar-refractivity contribution in [3.63, 3.8) is 0 Å². The third kappa shape index (κ3) is 3.25. The van der Waals surface area contributed by atoms with Crippen LogP contribution < -0.4 is 5.32 Å². The monoisotopic (exact) mass is 187 g/mol. The van der Waals surface area contributed by atoms with Gasteiger partial charge in [-0.25, -0.2) is 0 Å². The molecule has 78 valence electrons. The van der Waals surface area contributed by atoms with Crippen molar-refractivity contribution in [2.45, 2.75) is 45.4 Å². The Hall–Kier alpha value is -0.120. The van der Waals surface area contributed by atoms with E-state index in [9.17, 15) is 5.11 Å². The van der Waals surface area contributed by atoms with Crippen LogP contribution in [0.4, 0.5) is 0 Å². The van der Waals surface area contributed by atoms with Crippen LogP contribution in [0.2, 0.25) is 0 Å². The molecule has 0 saturated carbocycles. The molecule has 1 aliphatic heterocycles. The molecule has 0 aromatic rings. The molecule has 0 spiro atoms. The van der Waals surface area contributed by atoms with Gasteiger partial charge >= 0.3 is 0 Å². The summed E-state index contributed by atoms with van der Waals surface area (Å²) >= 11 is 0. The smallest absolute Gasteiger partial charge is 0.0662 e. The van der Waals surface area contributed by atoms with E-state index >= 15 is 0 Å². The summed E-state index contributed by atoms with van der Waals surface area (Å²) in [5.41, 5.74) is 0. The number of aliphatic hydroxyl groups excluding tert-OH is 1. The van der Waals surface area contributed by atoms with Gasteiger partial charge in [-0.15, -0.1) is 0 Å². The molecule has 4 atom stereocenters. The Labute approximate surface area is 80.5 Å². The maximum absolute atomic E-state index is 9.27. The summed E-state index contributed by atoms with van der Waals surface area (Å²) in [6.07, 6.45) is 1.23. The largest absolute Gasteiger partial charge is 0.392 e. The van der Waals surface area contributed by atoms with Gasteiger partial charge in [0.05, 0.1) is 12.2 Å². The number of nitrogens with one attached hydrogen (secondary N) is 1. The predicted molar refractivity (Wildman–Crippen MR) is 52.7 cm³/mol. The van der Waals surface area contributed by atoms with Crippen LogP contribution in [0.1, 0.15) is 27.2 Å². The summed E-state index contributed by atoms with van der Waals surface area (Å²) in [7, 11) is 0. The number of ether oxygens (including phenoxy) is 1. The average molecular weight is 187 g/mol. The lowest BCUT2D eigenvalue weighted by atomic mass is 10.0. The van der Waals surface area contributed by atoms with Crippen LogP contribution in [0.15, 0.2) is 0 Å². The maximum Gasteiger partial charge on any atom is 0.0662 e. The molecule has 0 radical (unpaired) electrons. The molecular weight excluding hydrogens is 166 g/mol. The van der Waals surface area contributed by atoms with Crippen molar-refractivity contribution < 1.29 is 9.84 Å². The Bertz CT molecular complexity index is 150. The number of hydrogen-bond donors (Lipinski definition) is 2. The normalized spacial score (nSPS) is 33.2. The molecule has 3 nitrogen and oxygen atoms in total. The summed E-state index contributed by atoms with van der Waals surface area (Å²) in [6, 6.07) is 0.174. The van der Waals surface area contributed by atoms with Crippen LogP contribution >= 0.6 is 0 Å². The Morgan fingerprint density at radius 3 is 2.69 bits per heavy atom. The molecule has 13 heavy (non-hydrogen) atoms. The first-order valence-electron chi connectivity index (χ1n) is 5.14. The fourth-order valence-corrected chi connectivity index (χ4v) is 1.55. The van der Waals surface area contributed by atoms with Crippen LogP contribution in [-0.2, 0) is 4.74 Å². The highest BCUT2D eigenvalue weighted by molar-refractivity contribution is 4.77. The first kappa shape index (κ1) is 11.0. The van der Waals surface area contributed by atoms with Crippen LogP contribution in [0, 0.1) is 5.92 Å². The molecule has 1 heterocycles. The highest BCUT2D eigenvalue weighted by Crippen LogP contribution is 2.19. The van der Waals surface area contributed by atoms with E-state index in [0.29, 0.717) is 12.0 Å². The van der Waals surface area contributed by atoms with Crippen LogP contribution in [-0.4, -0.2) is 36.5 Å². The Morgan fingerprint density at radius 2 is 2.23 bits per heavy atom. The minimum atomic E-state index is -0.280. The summed E-state index contributed by atoms with van der Waals surface area (Å²) in [5.74, 6) is 0.612. The average Bonchev–Trinajstić information content (AvgIpc) is 2.47. The first-order chi connectivity index (χ1) is 6.11. The molecule has 0 aromatic heterocycles. The van der Waals surface area contributed by atoms with Crippen molar-refractivity contribution in [3.8, 4) is 0 Å². The zero-order valence-electron chi connectivity index (χ0n) is 8.79. The minimum Gasteiger partial charge on any atom is -0.392 e. The van der Waals surface area contributed by atoms with E-state index in [-0.39, 0.29) is 12.1 Å². The van der Waals surface area contributed by atoms with E-state index in [1.807, 2.05) is 13.8 Å². The molecule has 0 amide bonds. The molecule has 0 bridgehead atoms. The van der Waals surface area contributed by atoms with Crippen LogP contribution in [0.5, 0.6) is 0 Å². The van der Waals surface area contributed by atoms with Crippen molar-refractivity contribution in [2.75, 3.05) is 13.2 Å². The Kier molecular flexibility index (Phi) is 4.16. The second kappa shape index (κ2) is 4.94. The van der Waals surface area contributed by atoms with Gasteiger partial charge in [-0.05, 0) is 33.1 Å². The summed E-state index contributed by atoms with van der Waals surface area (Å²) in [4.78, 5) is 0. The lowest BCUT2D eigenvalue weighted by molar-refractivity contribution is 0.100. The standard InChI is InChI=1S/C10H21NO2/c1-7(8(2)12)11-6-10-4-5-13-9(10)3/h7-12H,4-6H2,1-3H3. The van der Waals surface area contributed by atoms with Crippen LogP contribution in [0.25, 0.3) is 0 Å². The lowest BCUT2D eigenvalue weighted by Gasteiger charge is -2.20. The molecule has 2 N–H and O–H groups in total. The van der Waals surface area contributed by atoms with Gasteiger partial charge in [-0.2, -0.15) is 0 Å². The van der Waals surface area contributed by atoms with Gasteiger partial charge in [-0.1, -0.05) is 0 Å². The molecule has 1 rings (SSSR count). The fourth-order valence-electron chi connectivity index (χ4n) is 1.55. The molecule has 1 saturated heterocycles. The van der Waals surface area contributed by atoms with Gasteiger partial charge in [0.2, 0.25) is 0 Å². The number of rotatable bonds is 4. The van der Waals surface area contributed by atoms with Gasteiger partial charge < -0.3 is 15.2 Å². The van der Waals surface area contributed by atoms with Crippen molar-refractivity contribution >= 4 is 0 Å². The molecule has 1 fully saturated rings. The molecule has 3 heteroatoms. The predicted octanol–water partition coefficient (Wildman–Crippen LogP) is 0.770. The molecule has 4 unspecified atom stereocenters. The Balaban J connectivity index is 2.18.